The van der Waals surface area contributed by atoms with E-state index in [2.05, 4.69) is 15.6 Å². The van der Waals surface area contributed by atoms with Crippen molar-refractivity contribution in [2.75, 3.05) is 26.4 Å². The highest BCUT2D eigenvalue weighted by molar-refractivity contribution is 5.93. The van der Waals surface area contributed by atoms with Crippen molar-refractivity contribution in [3.8, 4) is 5.88 Å². The smallest absolute Gasteiger partial charge is 0.269 e. The second-order valence-electron chi connectivity index (χ2n) is 7.63. The monoisotopic (exact) mass is 404 g/mol. The Balaban J connectivity index is 1.40. The van der Waals surface area contributed by atoms with Crippen LogP contribution in [0.1, 0.15) is 59.1 Å². The lowest BCUT2D eigenvalue weighted by molar-refractivity contribution is 0.0692. The van der Waals surface area contributed by atoms with E-state index < -0.39 is 0 Å². The maximum absolute atomic E-state index is 12.6. The van der Waals surface area contributed by atoms with Crippen molar-refractivity contribution in [2.24, 2.45) is 7.05 Å². The number of carbonyl (C=O) groups excluding carboxylic acids is 1. The lowest BCUT2D eigenvalue weighted by atomic mass is 9.93. The number of aromatic nitrogens is 3. The predicted molar refractivity (Wildman–Crippen MR) is 103 cm³/mol. The van der Waals surface area contributed by atoms with Crippen molar-refractivity contribution in [1.82, 2.24) is 20.3 Å². The van der Waals surface area contributed by atoms with Gasteiger partial charge < -0.3 is 24.1 Å². The predicted octanol–water partition coefficient (Wildman–Crippen LogP) is 2.10. The first kappa shape index (κ1) is 19.9. The molecule has 0 saturated carbocycles. The van der Waals surface area contributed by atoms with E-state index in [9.17, 15) is 4.79 Å². The highest BCUT2D eigenvalue weighted by Crippen LogP contribution is 2.30. The lowest BCUT2D eigenvalue weighted by Crippen LogP contribution is -2.39. The van der Waals surface area contributed by atoms with Crippen LogP contribution < -0.4 is 10.1 Å². The maximum atomic E-state index is 12.6. The number of nitrogens with one attached hydrogen (secondary N) is 1. The number of amides is 1. The molecule has 4 rings (SSSR count). The van der Waals surface area contributed by atoms with Gasteiger partial charge in [0.25, 0.3) is 5.91 Å². The zero-order chi connectivity index (χ0) is 20.2. The van der Waals surface area contributed by atoms with E-state index in [0.29, 0.717) is 37.3 Å². The Hall–Kier alpha value is -2.39. The first-order valence-electron chi connectivity index (χ1n) is 10.2. The van der Waals surface area contributed by atoms with Crippen LogP contribution >= 0.6 is 0 Å². The number of carbonyl (C=O) groups is 1. The Labute approximate surface area is 169 Å². The molecule has 4 heterocycles. The van der Waals surface area contributed by atoms with E-state index in [1.807, 2.05) is 6.92 Å². The normalized spacial score (nSPS) is 18.7. The summed E-state index contributed by atoms with van der Waals surface area (Å²) < 4.78 is 23.6. The standard InChI is InChI=1S/C20H28N4O5/c1-13-16(19(23-29-13)14-3-7-26-8-4-14)12-28-18-11-17(24(2)22-18)20(25)21-15-5-9-27-10-6-15/h11,14-15H,3-10,12H2,1-2H3,(H,21,25). The zero-order valence-corrected chi connectivity index (χ0v) is 17.0. The van der Waals surface area contributed by atoms with Crippen LogP contribution in [-0.4, -0.2) is 53.3 Å². The molecule has 0 atom stereocenters. The summed E-state index contributed by atoms with van der Waals surface area (Å²) in [6.07, 6.45) is 3.52. The van der Waals surface area contributed by atoms with E-state index in [1.54, 1.807) is 17.8 Å². The average Bonchev–Trinajstić information content (AvgIpc) is 3.30. The van der Waals surface area contributed by atoms with Crippen molar-refractivity contribution in [1.29, 1.82) is 0 Å². The lowest BCUT2D eigenvalue weighted by Gasteiger charge is -2.22. The maximum Gasteiger partial charge on any atom is 0.269 e. The van der Waals surface area contributed by atoms with Gasteiger partial charge in [0.2, 0.25) is 5.88 Å². The fourth-order valence-electron chi connectivity index (χ4n) is 3.85. The van der Waals surface area contributed by atoms with Crippen molar-refractivity contribution in [3.05, 3.63) is 28.8 Å². The summed E-state index contributed by atoms with van der Waals surface area (Å²) >= 11 is 0. The molecule has 2 saturated heterocycles. The second-order valence-corrected chi connectivity index (χ2v) is 7.63. The van der Waals surface area contributed by atoms with Crippen molar-refractivity contribution < 1.29 is 23.5 Å². The molecule has 0 aromatic carbocycles. The van der Waals surface area contributed by atoms with Crippen LogP contribution in [0.25, 0.3) is 0 Å². The molecule has 0 spiro atoms. The summed E-state index contributed by atoms with van der Waals surface area (Å²) in [5.74, 6) is 1.33. The zero-order valence-electron chi connectivity index (χ0n) is 17.0. The van der Waals surface area contributed by atoms with Gasteiger partial charge in [-0.2, -0.15) is 0 Å². The minimum absolute atomic E-state index is 0.136. The Morgan fingerprint density at radius 1 is 1.21 bits per heavy atom. The molecule has 9 nitrogen and oxygen atoms in total. The molecule has 0 radical (unpaired) electrons. The number of aryl methyl sites for hydroxylation is 2. The molecule has 0 bridgehead atoms. The molecule has 9 heteroatoms. The molecule has 1 N–H and O–H groups in total. The number of rotatable bonds is 6. The molecular formula is C20H28N4O5. The van der Waals surface area contributed by atoms with Crippen LogP contribution in [0.15, 0.2) is 10.6 Å². The third kappa shape index (κ3) is 4.62. The van der Waals surface area contributed by atoms with Gasteiger partial charge in [-0.25, -0.2) is 0 Å². The van der Waals surface area contributed by atoms with Crippen molar-refractivity contribution >= 4 is 5.91 Å². The first-order valence-corrected chi connectivity index (χ1v) is 10.2. The average molecular weight is 404 g/mol. The summed E-state index contributed by atoms with van der Waals surface area (Å²) in [5.41, 5.74) is 2.37. The quantitative estimate of drug-likeness (QED) is 0.787. The van der Waals surface area contributed by atoms with E-state index in [1.165, 1.54) is 0 Å². The molecule has 0 unspecified atom stereocenters. The summed E-state index contributed by atoms with van der Waals surface area (Å²) in [6, 6.07) is 1.81. The fraction of sp³-hybridized carbons (Fsp3) is 0.650. The van der Waals surface area contributed by atoms with Crippen molar-refractivity contribution in [2.45, 2.75) is 51.2 Å². The molecule has 1 amide bonds. The van der Waals surface area contributed by atoms with Crippen molar-refractivity contribution in [3.63, 3.8) is 0 Å². The van der Waals surface area contributed by atoms with Crippen LogP contribution in [0, 0.1) is 6.92 Å². The number of nitrogens with zero attached hydrogens (tertiary/aromatic N) is 3. The van der Waals surface area contributed by atoms with Gasteiger partial charge in [-0.05, 0) is 32.6 Å². The third-order valence-corrected chi connectivity index (χ3v) is 5.63. The van der Waals surface area contributed by atoms with Gasteiger partial charge in [-0.3, -0.25) is 9.48 Å². The van der Waals surface area contributed by atoms with Gasteiger partial charge in [-0.15, -0.1) is 5.10 Å². The van der Waals surface area contributed by atoms with Gasteiger partial charge in [0.15, 0.2) is 0 Å². The summed E-state index contributed by atoms with van der Waals surface area (Å²) in [7, 11) is 1.74. The van der Waals surface area contributed by atoms with Gasteiger partial charge in [0, 0.05) is 51.5 Å². The minimum Gasteiger partial charge on any atom is -0.472 e. The van der Waals surface area contributed by atoms with E-state index >= 15 is 0 Å². The van der Waals surface area contributed by atoms with Crippen LogP contribution in [0.3, 0.4) is 0 Å². The van der Waals surface area contributed by atoms with Crippen LogP contribution in [0.2, 0.25) is 0 Å². The number of ether oxygens (including phenoxy) is 3. The van der Waals surface area contributed by atoms with E-state index in [0.717, 1.165) is 55.9 Å². The van der Waals surface area contributed by atoms with Gasteiger partial charge in [-0.1, -0.05) is 5.16 Å². The van der Waals surface area contributed by atoms with Crippen LogP contribution in [0.4, 0.5) is 0 Å². The SMILES string of the molecule is Cc1onc(C2CCOCC2)c1COc1cc(C(=O)NC2CCOCC2)n(C)n1. The molecule has 2 aromatic heterocycles. The first-order chi connectivity index (χ1) is 14.1. The fourth-order valence-corrected chi connectivity index (χ4v) is 3.85. The Kier molecular flexibility index (Phi) is 6.15. The molecule has 2 fully saturated rings. The Bertz CT molecular complexity index is 834. The molecule has 2 aromatic rings. The minimum atomic E-state index is -0.147. The summed E-state index contributed by atoms with van der Waals surface area (Å²) in [5, 5.41) is 11.6. The molecule has 2 aliphatic rings. The molecule has 2 aliphatic heterocycles. The largest absolute Gasteiger partial charge is 0.472 e. The van der Waals surface area contributed by atoms with Crippen LogP contribution in [-0.2, 0) is 23.1 Å². The Morgan fingerprint density at radius 2 is 1.90 bits per heavy atom. The number of hydrogen-bond donors (Lipinski definition) is 1. The Morgan fingerprint density at radius 3 is 2.62 bits per heavy atom. The molecule has 0 aliphatic carbocycles. The number of hydrogen-bond acceptors (Lipinski definition) is 7. The summed E-state index contributed by atoms with van der Waals surface area (Å²) in [4.78, 5) is 12.6. The van der Waals surface area contributed by atoms with Gasteiger partial charge in [0.1, 0.15) is 18.1 Å². The third-order valence-electron chi connectivity index (χ3n) is 5.63. The summed E-state index contributed by atoms with van der Waals surface area (Å²) in [6.45, 7) is 5.03. The molecule has 158 valence electrons. The topological polar surface area (TPSA) is 101 Å². The van der Waals surface area contributed by atoms with Gasteiger partial charge in [0.05, 0.1) is 11.3 Å². The second kappa shape index (κ2) is 8.96. The van der Waals surface area contributed by atoms with Crippen LogP contribution in [0.5, 0.6) is 5.88 Å². The molecule has 29 heavy (non-hydrogen) atoms. The van der Waals surface area contributed by atoms with E-state index in [-0.39, 0.29) is 11.9 Å². The highest BCUT2D eigenvalue weighted by Gasteiger charge is 2.25. The molecular weight excluding hydrogens is 376 g/mol. The highest BCUT2D eigenvalue weighted by atomic mass is 16.5. The van der Waals surface area contributed by atoms with Gasteiger partial charge >= 0.3 is 0 Å². The van der Waals surface area contributed by atoms with E-state index in [4.69, 9.17) is 18.7 Å².